The van der Waals surface area contributed by atoms with Gasteiger partial charge in [-0.05, 0) is 18.4 Å². The molecule has 1 N–H and O–H groups in total. The fraction of sp³-hybridized carbons (Fsp3) is 0.476. The minimum atomic E-state index is 0.538. The van der Waals surface area contributed by atoms with Gasteiger partial charge in [0.05, 0.1) is 0 Å². The third kappa shape index (κ3) is 6.32. The van der Waals surface area contributed by atoms with Gasteiger partial charge in [-0.1, -0.05) is 87.9 Å². The van der Waals surface area contributed by atoms with Crippen LogP contribution in [0.25, 0.3) is 5.57 Å². The first-order chi connectivity index (χ1) is 11.2. The Bertz CT molecular complexity index is 557. The monoisotopic (exact) mass is 310 g/mol. The van der Waals surface area contributed by atoms with Crippen LogP contribution < -0.4 is 5.32 Å². The molecule has 1 aromatic carbocycles. The summed E-state index contributed by atoms with van der Waals surface area (Å²) in [6.07, 6.45) is 10.6. The van der Waals surface area contributed by atoms with E-state index in [0.29, 0.717) is 5.70 Å². The van der Waals surface area contributed by atoms with Crippen LogP contribution in [0.2, 0.25) is 0 Å². The van der Waals surface area contributed by atoms with Crippen LogP contribution in [0.15, 0.2) is 42.6 Å². The summed E-state index contributed by atoms with van der Waals surface area (Å²) in [5.74, 6) is 1.09. The summed E-state index contributed by atoms with van der Waals surface area (Å²) in [4.78, 5) is 0. The van der Waals surface area contributed by atoms with E-state index in [-0.39, 0.29) is 0 Å². The molecule has 1 fully saturated rings. The van der Waals surface area contributed by atoms with Crippen LogP contribution in [0, 0.1) is 24.2 Å². The minimum Gasteiger partial charge on any atom is -0.379 e. The molecule has 2 heteroatoms. The molecule has 0 radical (unpaired) electrons. The van der Waals surface area contributed by atoms with E-state index >= 15 is 0 Å². The van der Waals surface area contributed by atoms with Crippen LogP contribution in [-0.4, -0.2) is 7.05 Å². The molecule has 1 saturated carbocycles. The molecule has 0 amide bonds. The number of hydrogen-bond acceptors (Lipinski definition) is 2. The zero-order chi connectivity index (χ0) is 17.1. The molecule has 2 rings (SSSR count). The lowest BCUT2D eigenvalue weighted by Crippen LogP contribution is -2.06. The molecule has 1 aliphatic rings. The molecule has 0 bridgehead atoms. The van der Waals surface area contributed by atoms with Gasteiger partial charge in [0.1, 0.15) is 11.8 Å². The minimum absolute atomic E-state index is 0.538. The molecule has 0 atom stereocenters. The van der Waals surface area contributed by atoms with Crippen LogP contribution in [0.4, 0.5) is 0 Å². The maximum absolute atomic E-state index is 8.94. The third-order valence-corrected chi connectivity index (χ3v) is 4.47. The molecular weight excluding hydrogens is 280 g/mol. The summed E-state index contributed by atoms with van der Waals surface area (Å²) in [7, 11) is 1.73. The molecule has 0 aliphatic heterocycles. The van der Waals surface area contributed by atoms with Crippen molar-refractivity contribution in [2.75, 3.05) is 7.05 Å². The lowest BCUT2D eigenvalue weighted by atomic mass is 9.88. The van der Waals surface area contributed by atoms with Crippen LogP contribution in [0.1, 0.15) is 56.6 Å². The topological polar surface area (TPSA) is 35.8 Å². The van der Waals surface area contributed by atoms with Crippen molar-refractivity contribution in [2.24, 2.45) is 5.92 Å². The maximum Gasteiger partial charge on any atom is 0.121 e. The highest BCUT2D eigenvalue weighted by molar-refractivity contribution is 5.78. The van der Waals surface area contributed by atoms with Crippen molar-refractivity contribution in [3.63, 3.8) is 0 Å². The molecule has 0 spiro atoms. The number of hydrogen-bond donors (Lipinski definition) is 1. The molecule has 2 nitrogen and oxygen atoms in total. The van der Waals surface area contributed by atoms with Gasteiger partial charge >= 0.3 is 0 Å². The zero-order valence-electron chi connectivity index (χ0n) is 14.9. The standard InChI is InChI=1S/C13H14N2.C8H16/c1-4-12(13(9-14)15-3)11-7-5-6-10(2)8-11;1-2-8-6-4-3-5-7-8/h4-8,15H,1H2,2-3H3;8H,2-7H2,1H3/b13-12+;. The molecule has 0 aromatic heterocycles. The average molecular weight is 310 g/mol. The Balaban J connectivity index is 0.000000277. The summed E-state index contributed by atoms with van der Waals surface area (Å²) in [5, 5.41) is 11.8. The molecule has 0 unspecified atom stereocenters. The van der Waals surface area contributed by atoms with Crippen molar-refractivity contribution in [3.05, 3.63) is 53.7 Å². The predicted molar refractivity (Wildman–Crippen MR) is 99.8 cm³/mol. The van der Waals surface area contributed by atoms with E-state index in [9.17, 15) is 0 Å². The van der Waals surface area contributed by atoms with Crippen molar-refractivity contribution in [1.29, 1.82) is 5.26 Å². The summed E-state index contributed by atoms with van der Waals surface area (Å²) in [6, 6.07) is 10.1. The number of nitrogens with zero attached hydrogens (tertiary/aromatic N) is 1. The summed E-state index contributed by atoms with van der Waals surface area (Å²) in [5.41, 5.74) is 3.55. The van der Waals surface area contributed by atoms with E-state index in [1.54, 1.807) is 13.1 Å². The van der Waals surface area contributed by atoms with Crippen LogP contribution in [0.3, 0.4) is 0 Å². The van der Waals surface area contributed by atoms with Gasteiger partial charge in [0.2, 0.25) is 0 Å². The molecule has 23 heavy (non-hydrogen) atoms. The quantitative estimate of drug-likeness (QED) is 0.579. The number of nitrogens with one attached hydrogen (secondary N) is 1. The van der Waals surface area contributed by atoms with Gasteiger partial charge in [-0.2, -0.15) is 5.26 Å². The zero-order valence-corrected chi connectivity index (χ0v) is 14.9. The van der Waals surface area contributed by atoms with E-state index in [0.717, 1.165) is 17.1 Å². The predicted octanol–water partition coefficient (Wildman–Crippen LogP) is 5.61. The number of aryl methyl sites for hydroxylation is 1. The molecule has 124 valence electrons. The molecule has 0 heterocycles. The van der Waals surface area contributed by atoms with Crippen LogP contribution in [-0.2, 0) is 0 Å². The van der Waals surface area contributed by atoms with Gasteiger partial charge in [-0.15, -0.1) is 0 Å². The van der Waals surface area contributed by atoms with Gasteiger partial charge in [-0.25, -0.2) is 0 Å². The Kier molecular flexibility index (Phi) is 8.83. The Labute approximate surface area is 141 Å². The highest BCUT2D eigenvalue weighted by atomic mass is 14.8. The summed E-state index contributed by atoms with van der Waals surface area (Å²) >= 11 is 0. The molecule has 0 saturated heterocycles. The second kappa shape index (κ2) is 10.7. The van der Waals surface area contributed by atoms with Gasteiger partial charge in [0.15, 0.2) is 0 Å². The van der Waals surface area contributed by atoms with Crippen LogP contribution in [0.5, 0.6) is 0 Å². The maximum atomic E-state index is 8.94. The SMILES string of the molecule is C=C/C(=C(/C#N)NC)c1cccc(C)c1.CCC1CCCCC1. The number of nitriles is 1. The van der Waals surface area contributed by atoms with E-state index < -0.39 is 0 Å². The normalized spacial score (nSPS) is 15.6. The first kappa shape index (κ1) is 19.0. The Hall–Kier alpha value is -2.01. The Morgan fingerprint density at radius 3 is 2.48 bits per heavy atom. The van der Waals surface area contributed by atoms with Gasteiger partial charge in [-0.3, -0.25) is 0 Å². The van der Waals surface area contributed by atoms with Gasteiger partial charge < -0.3 is 5.32 Å². The number of allylic oxidation sites excluding steroid dienone is 3. The van der Waals surface area contributed by atoms with Crippen molar-refractivity contribution in [3.8, 4) is 6.07 Å². The number of benzene rings is 1. The second-order valence-corrected chi connectivity index (χ2v) is 6.14. The highest BCUT2D eigenvalue weighted by Crippen LogP contribution is 2.25. The van der Waals surface area contributed by atoms with Crippen LogP contribution >= 0.6 is 0 Å². The lowest BCUT2D eigenvalue weighted by Gasteiger charge is -2.18. The average Bonchev–Trinajstić information content (AvgIpc) is 2.60. The molecule has 1 aromatic rings. The lowest BCUT2D eigenvalue weighted by molar-refractivity contribution is 0.349. The Morgan fingerprint density at radius 2 is 2.04 bits per heavy atom. The van der Waals surface area contributed by atoms with Crippen molar-refractivity contribution >= 4 is 5.57 Å². The van der Waals surface area contributed by atoms with Crippen molar-refractivity contribution in [1.82, 2.24) is 5.32 Å². The van der Waals surface area contributed by atoms with E-state index in [2.05, 4.69) is 24.9 Å². The van der Waals surface area contributed by atoms with Gasteiger partial charge in [0.25, 0.3) is 0 Å². The van der Waals surface area contributed by atoms with Crippen molar-refractivity contribution in [2.45, 2.75) is 52.4 Å². The van der Waals surface area contributed by atoms with E-state index in [1.807, 2.05) is 31.2 Å². The molecular formula is C21H30N2. The largest absolute Gasteiger partial charge is 0.379 e. The van der Waals surface area contributed by atoms with E-state index in [1.165, 1.54) is 44.1 Å². The fourth-order valence-electron chi connectivity index (χ4n) is 3.02. The van der Waals surface area contributed by atoms with Gasteiger partial charge in [0, 0.05) is 12.6 Å². The highest BCUT2D eigenvalue weighted by Gasteiger charge is 2.09. The smallest absolute Gasteiger partial charge is 0.121 e. The van der Waals surface area contributed by atoms with Crippen molar-refractivity contribution < 1.29 is 0 Å². The fourth-order valence-corrected chi connectivity index (χ4v) is 3.02. The first-order valence-electron chi connectivity index (χ1n) is 8.67. The van der Waals surface area contributed by atoms with E-state index in [4.69, 9.17) is 5.26 Å². The third-order valence-electron chi connectivity index (χ3n) is 4.47. The Morgan fingerprint density at radius 1 is 1.35 bits per heavy atom. The first-order valence-corrected chi connectivity index (χ1v) is 8.67. The number of rotatable bonds is 4. The molecule has 1 aliphatic carbocycles. The second-order valence-electron chi connectivity index (χ2n) is 6.14. The summed E-state index contributed by atoms with van der Waals surface area (Å²) in [6.45, 7) is 8.07. The summed E-state index contributed by atoms with van der Waals surface area (Å²) < 4.78 is 0.